The first-order chi connectivity index (χ1) is 12.7. The highest BCUT2D eigenvalue weighted by Crippen LogP contribution is 2.42. The second-order valence-electron chi connectivity index (χ2n) is 6.71. The molecule has 2 aromatic heterocycles. The highest BCUT2D eigenvalue weighted by Gasteiger charge is 2.37. The molecule has 0 bridgehead atoms. The van der Waals surface area contributed by atoms with Crippen LogP contribution in [0.1, 0.15) is 30.2 Å². The van der Waals surface area contributed by atoms with Crippen LogP contribution in [0, 0.1) is 5.92 Å². The third-order valence-electron chi connectivity index (χ3n) is 4.80. The Morgan fingerprint density at radius 3 is 2.96 bits per heavy atom. The van der Waals surface area contributed by atoms with Gasteiger partial charge in [-0.15, -0.1) is 10.2 Å². The second-order valence-corrected chi connectivity index (χ2v) is 7.72. The third-order valence-corrected chi connectivity index (χ3v) is 5.80. The SMILES string of the molecule is O=C(Nc1nnc(C2CC2)s1)C1CC(=O)N(c2n[nH]c3ccccc23)C1. The Labute approximate surface area is 152 Å². The molecule has 0 radical (unpaired) electrons. The molecule has 2 amide bonds. The molecule has 1 aliphatic heterocycles. The smallest absolute Gasteiger partial charge is 0.231 e. The van der Waals surface area contributed by atoms with Crippen LogP contribution in [-0.4, -0.2) is 38.8 Å². The van der Waals surface area contributed by atoms with Gasteiger partial charge in [0.2, 0.25) is 16.9 Å². The van der Waals surface area contributed by atoms with Crippen molar-refractivity contribution >= 4 is 45.0 Å². The lowest BCUT2D eigenvalue weighted by molar-refractivity contribution is -0.122. The van der Waals surface area contributed by atoms with Gasteiger partial charge in [-0.3, -0.25) is 19.6 Å². The molecule has 5 rings (SSSR count). The number of benzene rings is 1. The largest absolute Gasteiger partial charge is 0.300 e. The van der Waals surface area contributed by atoms with E-state index in [0.717, 1.165) is 28.8 Å². The van der Waals surface area contributed by atoms with Crippen LogP contribution in [-0.2, 0) is 9.59 Å². The van der Waals surface area contributed by atoms with E-state index in [1.165, 1.54) is 11.3 Å². The molecule has 1 atom stereocenters. The molecular weight excluding hydrogens is 352 g/mol. The summed E-state index contributed by atoms with van der Waals surface area (Å²) in [5.74, 6) is 0.367. The summed E-state index contributed by atoms with van der Waals surface area (Å²) >= 11 is 1.42. The minimum absolute atomic E-state index is 0.0988. The van der Waals surface area contributed by atoms with Crippen molar-refractivity contribution in [2.45, 2.75) is 25.2 Å². The van der Waals surface area contributed by atoms with Crippen LogP contribution in [0.25, 0.3) is 10.9 Å². The van der Waals surface area contributed by atoms with Gasteiger partial charge in [0.1, 0.15) is 5.01 Å². The number of nitrogens with one attached hydrogen (secondary N) is 2. The number of hydrogen-bond acceptors (Lipinski definition) is 6. The van der Waals surface area contributed by atoms with Gasteiger partial charge in [-0.05, 0) is 25.0 Å². The summed E-state index contributed by atoms with van der Waals surface area (Å²) in [7, 11) is 0. The molecule has 1 saturated carbocycles. The average molecular weight is 368 g/mol. The molecule has 1 aliphatic carbocycles. The molecule has 2 N–H and O–H groups in total. The van der Waals surface area contributed by atoms with Crippen LogP contribution in [0.5, 0.6) is 0 Å². The number of carbonyl (C=O) groups is 2. The quantitative estimate of drug-likeness (QED) is 0.735. The number of amides is 2. The molecule has 3 aromatic rings. The Morgan fingerprint density at radius 1 is 1.27 bits per heavy atom. The van der Waals surface area contributed by atoms with Gasteiger partial charge in [0.25, 0.3) is 0 Å². The van der Waals surface area contributed by atoms with Gasteiger partial charge in [0, 0.05) is 24.3 Å². The fourth-order valence-corrected chi connectivity index (χ4v) is 4.15. The fraction of sp³-hybridized carbons (Fsp3) is 0.353. The summed E-state index contributed by atoms with van der Waals surface area (Å²) < 4.78 is 0. The molecule has 2 fully saturated rings. The van der Waals surface area contributed by atoms with E-state index in [-0.39, 0.29) is 18.2 Å². The van der Waals surface area contributed by atoms with Crippen molar-refractivity contribution in [1.82, 2.24) is 20.4 Å². The van der Waals surface area contributed by atoms with Crippen LogP contribution in [0.2, 0.25) is 0 Å². The zero-order chi connectivity index (χ0) is 17.7. The first-order valence-electron chi connectivity index (χ1n) is 8.57. The molecule has 3 heterocycles. The van der Waals surface area contributed by atoms with Crippen molar-refractivity contribution in [3.8, 4) is 0 Å². The minimum atomic E-state index is -0.425. The van der Waals surface area contributed by atoms with E-state index < -0.39 is 5.92 Å². The Kier molecular flexibility index (Phi) is 3.49. The predicted molar refractivity (Wildman–Crippen MR) is 97.1 cm³/mol. The Morgan fingerprint density at radius 2 is 2.12 bits per heavy atom. The van der Waals surface area contributed by atoms with E-state index >= 15 is 0 Å². The highest BCUT2D eigenvalue weighted by molar-refractivity contribution is 7.15. The predicted octanol–water partition coefficient (Wildman–Crippen LogP) is 2.28. The van der Waals surface area contributed by atoms with E-state index in [9.17, 15) is 9.59 Å². The maximum absolute atomic E-state index is 12.6. The van der Waals surface area contributed by atoms with Gasteiger partial charge in [0.05, 0.1) is 11.4 Å². The molecule has 26 heavy (non-hydrogen) atoms. The number of carbonyl (C=O) groups excluding carboxylic acids is 2. The number of para-hydroxylation sites is 1. The van der Waals surface area contributed by atoms with E-state index in [1.54, 1.807) is 4.90 Å². The van der Waals surface area contributed by atoms with E-state index in [1.807, 2.05) is 24.3 Å². The van der Waals surface area contributed by atoms with Crippen LogP contribution in [0.3, 0.4) is 0 Å². The second kappa shape index (κ2) is 5.87. The average Bonchev–Trinajstić information content (AvgIpc) is 3.06. The molecule has 1 saturated heterocycles. The van der Waals surface area contributed by atoms with Crippen LogP contribution in [0.15, 0.2) is 24.3 Å². The summed E-state index contributed by atoms with van der Waals surface area (Å²) in [6.07, 6.45) is 2.46. The number of fused-ring (bicyclic) bond motifs is 1. The van der Waals surface area contributed by atoms with Crippen molar-refractivity contribution in [3.05, 3.63) is 29.3 Å². The molecule has 9 heteroatoms. The van der Waals surface area contributed by atoms with Crippen LogP contribution in [0.4, 0.5) is 10.9 Å². The molecular formula is C17H16N6O2S. The molecule has 132 valence electrons. The number of rotatable bonds is 4. The standard InChI is InChI=1S/C17H16N6O2S/c24-13-7-10(15(25)18-17-22-21-16(26-17)9-5-6-9)8-23(13)14-11-3-1-2-4-12(11)19-20-14/h1-4,9-10H,5-8H2,(H,19,20)(H,18,22,25). The number of nitrogens with zero attached hydrogens (tertiary/aromatic N) is 4. The highest BCUT2D eigenvalue weighted by atomic mass is 32.1. The maximum atomic E-state index is 12.6. The third kappa shape index (κ3) is 2.64. The molecule has 0 spiro atoms. The molecule has 2 aliphatic rings. The zero-order valence-electron chi connectivity index (χ0n) is 13.8. The first kappa shape index (κ1) is 15.4. The van der Waals surface area contributed by atoms with Gasteiger partial charge in [0.15, 0.2) is 5.82 Å². The lowest BCUT2D eigenvalue weighted by Crippen LogP contribution is -2.28. The topological polar surface area (TPSA) is 104 Å². The fourth-order valence-electron chi connectivity index (χ4n) is 3.23. The number of anilines is 2. The van der Waals surface area contributed by atoms with Gasteiger partial charge in [-0.2, -0.15) is 5.10 Å². The Hall–Kier alpha value is -2.81. The summed E-state index contributed by atoms with van der Waals surface area (Å²) in [6, 6.07) is 7.63. The zero-order valence-corrected chi connectivity index (χ0v) is 14.6. The van der Waals surface area contributed by atoms with Crippen molar-refractivity contribution in [1.29, 1.82) is 0 Å². The van der Waals surface area contributed by atoms with E-state index in [4.69, 9.17) is 0 Å². The minimum Gasteiger partial charge on any atom is -0.300 e. The van der Waals surface area contributed by atoms with Crippen molar-refractivity contribution < 1.29 is 9.59 Å². The summed E-state index contributed by atoms with van der Waals surface area (Å²) in [5.41, 5.74) is 0.865. The summed E-state index contributed by atoms with van der Waals surface area (Å²) in [6.45, 7) is 0.313. The van der Waals surface area contributed by atoms with Crippen molar-refractivity contribution in [2.75, 3.05) is 16.8 Å². The van der Waals surface area contributed by atoms with Crippen molar-refractivity contribution in [2.24, 2.45) is 5.92 Å². The summed E-state index contributed by atoms with van der Waals surface area (Å²) in [4.78, 5) is 26.6. The lowest BCUT2D eigenvalue weighted by Gasteiger charge is -2.13. The van der Waals surface area contributed by atoms with Crippen LogP contribution >= 0.6 is 11.3 Å². The maximum Gasteiger partial charge on any atom is 0.231 e. The first-order valence-corrected chi connectivity index (χ1v) is 9.38. The monoisotopic (exact) mass is 368 g/mol. The molecule has 1 aromatic carbocycles. The summed E-state index contributed by atoms with van der Waals surface area (Å²) in [5, 5.41) is 20.5. The van der Waals surface area contributed by atoms with Gasteiger partial charge in [-0.1, -0.05) is 23.5 Å². The number of aromatic amines is 1. The van der Waals surface area contributed by atoms with Gasteiger partial charge >= 0.3 is 0 Å². The van der Waals surface area contributed by atoms with Crippen molar-refractivity contribution in [3.63, 3.8) is 0 Å². The number of hydrogen-bond donors (Lipinski definition) is 2. The van der Waals surface area contributed by atoms with E-state index in [0.29, 0.717) is 23.4 Å². The number of H-pyrrole nitrogens is 1. The molecule has 8 nitrogen and oxygen atoms in total. The van der Waals surface area contributed by atoms with E-state index in [2.05, 4.69) is 25.7 Å². The normalized spacial score (nSPS) is 20.1. The Balaban J connectivity index is 1.31. The van der Waals surface area contributed by atoms with Gasteiger partial charge in [-0.25, -0.2) is 0 Å². The lowest BCUT2D eigenvalue weighted by atomic mass is 10.1. The van der Waals surface area contributed by atoms with Crippen LogP contribution < -0.4 is 10.2 Å². The Bertz CT molecular complexity index is 1010. The van der Waals surface area contributed by atoms with Gasteiger partial charge < -0.3 is 5.32 Å². The molecule has 1 unspecified atom stereocenters. The number of aromatic nitrogens is 4.